The molecule has 0 spiro atoms. The molecule has 0 saturated carbocycles. The van der Waals surface area contributed by atoms with E-state index in [9.17, 15) is 4.39 Å². The number of nitrogens with zero attached hydrogens (tertiary/aromatic N) is 5. The average Bonchev–Trinajstić information content (AvgIpc) is 3.52. The van der Waals surface area contributed by atoms with Gasteiger partial charge in [0.25, 0.3) is 0 Å². The molecular formula is C28H25FN6O2. The summed E-state index contributed by atoms with van der Waals surface area (Å²) in [5.74, 6) is 1.67. The van der Waals surface area contributed by atoms with Crippen LogP contribution in [0, 0.1) is 5.82 Å². The van der Waals surface area contributed by atoms with Crippen molar-refractivity contribution in [3.05, 3.63) is 90.0 Å². The SMILES string of the molecule is CN(C)Cc1ccn2c(-c3ccnc(NCc4ccc5c(c4)OCO5)n3)c(-c3ccc(F)cc3)nc2c1. The van der Waals surface area contributed by atoms with E-state index in [2.05, 4.69) is 27.3 Å². The highest BCUT2D eigenvalue weighted by Gasteiger charge is 2.19. The molecule has 8 nitrogen and oxygen atoms in total. The van der Waals surface area contributed by atoms with Crippen molar-refractivity contribution in [2.45, 2.75) is 13.1 Å². The van der Waals surface area contributed by atoms with Crippen LogP contribution in [-0.4, -0.2) is 45.1 Å². The van der Waals surface area contributed by atoms with Crippen molar-refractivity contribution < 1.29 is 13.9 Å². The highest BCUT2D eigenvalue weighted by atomic mass is 19.1. The molecule has 37 heavy (non-hydrogen) atoms. The second-order valence-electron chi connectivity index (χ2n) is 9.12. The Hall–Kier alpha value is -4.50. The Labute approximate surface area is 213 Å². The molecule has 0 fully saturated rings. The Morgan fingerprint density at radius 2 is 1.78 bits per heavy atom. The van der Waals surface area contributed by atoms with Crippen molar-refractivity contribution in [3.8, 4) is 34.1 Å². The molecule has 0 unspecified atom stereocenters. The minimum atomic E-state index is -0.292. The monoisotopic (exact) mass is 496 g/mol. The molecule has 0 radical (unpaired) electrons. The summed E-state index contributed by atoms with van der Waals surface area (Å²) in [6.45, 7) is 1.56. The van der Waals surface area contributed by atoms with Crippen LogP contribution in [0.1, 0.15) is 11.1 Å². The summed E-state index contributed by atoms with van der Waals surface area (Å²) < 4.78 is 26.6. The van der Waals surface area contributed by atoms with Gasteiger partial charge in [0, 0.05) is 31.0 Å². The standard InChI is InChI=1S/C28H25FN6O2/c1-34(2)16-19-10-12-35-25(14-19)33-26(20-4-6-21(29)7-5-20)27(35)22-9-11-30-28(32-22)31-15-18-3-8-23-24(13-18)37-17-36-23/h3-14H,15-17H2,1-2H3,(H,30,31,32). The van der Waals surface area contributed by atoms with Gasteiger partial charge in [-0.2, -0.15) is 0 Å². The summed E-state index contributed by atoms with van der Waals surface area (Å²) in [6.07, 6.45) is 3.73. The van der Waals surface area contributed by atoms with E-state index in [1.807, 2.05) is 49.0 Å². The third-order valence-electron chi connectivity index (χ3n) is 6.09. The zero-order valence-electron chi connectivity index (χ0n) is 20.5. The number of hydrogen-bond donors (Lipinski definition) is 1. The van der Waals surface area contributed by atoms with E-state index in [0.29, 0.717) is 18.2 Å². The molecule has 0 aliphatic carbocycles. The van der Waals surface area contributed by atoms with Gasteiger partial charge in [-0.1, -0.05) is 6.07 Å². The lowest BCUT2D eigenvalue weighted by Crippen LogP contribution is -2.10. The molecule has 1 aliphatic heterocycles. The van der Waals surface area contributed by atoms with Crippen LogP contribution in [0.2, 0.25) is 0 Å². The van der Waals surface area contributed by atoms with Crippen molar-refractivity contribution in [2.75, 3.05) is 26.2 Å². The van der Waals surface area contributed by atoms with E-state index in [4.69, 9.17) is 19.4 Å². The zero-order valence-corrected chi connectivity index (χ0v) is 20.5. The number of pyridine rings is 1. The maximum absolute atomic E-state index is 13.7. The van der Waals surface area contributed by atoms with Crippen LogP contribution in [0.3, 0.4) is 0 Å². The number of aromatic nitrogens is 4. The molecular weight excluding hydrogens is 471 g/mol. The van der Waals surface area contributed by atoms with Gasteiger partial charge in [0.1, 0.15) is 11.5 Å². The molecule has 186 valence electrons. The normalized spacial score (nSPS) is 12.4. The van der Waals surface area contributed by atoms with Gasteiger partial charge < -0.3 is 19.7 Å². The second-order valence-corrected chi connectivity index (χ2v) is 9.12. The number of rotatable bonds is 7. The van der Waals surface area contributed by atoms with Crippen LogP contribution in [0.4, 0.5) is 10.3 Å². The van der Waals surface area contributed by atoms with Gasteiger partial charge in [-0.25, -0.2) is 19.3 Å². The Kier molecular flexibility index (Phi) is 5.90. The molecule has 0 amide bonds. The zero-order chi connectivity index (χ0) is 25.4. The van der Waals surface area contributed by atoms with E-state index in [1.165, 1.54) is 12.1 Å². The lowest BCUT2D eigenvalue weighted by atomic mass is 10.1. The molecule has 0 saturated heterocycles. The highest BCUT2D eigenvalue weighted by Crippen LogP contribution is 2.34. The highest BCUT2D eigenvalue weighted by molar-refractivity contribution is 5.80. The van der Waals surface area contributed by atoms with E-state index in [-0.39, 0.29) is 12.6 Å². The number of benzene rings is 2. The van der Waals surface area contributed by atoms with Crippen molar-refractivity contribution in [2.24, 2.45) is 0 Å². The topological polar surface area (TPSA) is 76.8 Å². The molecule has 3 aromatic heterocycles. The van der Waals surface area contributed by atoms with E-state index in [1.54, 1.807) is 18.3 Å². The largest absolute Gasteiger partial charge is 0.454 e. The second kappa shape index (κ2) is 9.51. The number of imidazole rings is 1. The number of nitrogens with one attached hydrogen (secondary N) is 1. The minimum Gasteiger partial charge on any atom is -0.454 e. The third-order valence-corrected chi connectivity index (χ3v) is 6.09. The molecule has 9 heteroatoms. The quantitative estimate of drug-likeness (QED) is 0.340. The van der Waals surface area contributed by atoms with Crippen LogP contribution in [0.5, 0.6) is 11.5 Å². The molecule has 6 rings (SSSR count). The van der Waals surface area contributed by atoms with Crippen molar-refractivity contribution in [1.29, 1.82) is 0 Å². The Bertz CT molecular complexity index is 1580. The fraction of sp³-hybridized carbons (Fsp3) is 0.179. The summed E-state index contributed by atoms with van der Waals surface area (Å²) in [5.41, 5.74) is 6.01. The van der Waals surface area contributed by atoms with Crippen LogP contribution < -0.4 is 14.8 Å². The Morgan fingerprint density at radius 3 is 2.62 bits per heavy atom. The summed E-state index contributed by atoms with van der Waals surface area (Å²) in [5, 5.41) is 3.30. The minimum absolute atomic E-state index is 0.240. The summed E-state index contributed by atoms with van der Waals surface area (Å²) in [7, 11) is 4.06. The number of ether oxygens (including phenoxy) is 2. The van der Waals surface area contributed by atoms with Gasteiger partial charge in [0.15, 0.2) is 11.5 Å². The van der Waals surface area contributed by atoms with Crippen LogP contribution in [-0.2, 0) is 13.1 Å². The van der Waals surface area contributed by atoms with Gasteiger partial charge in [-0.15, -0.1) is 0 Å². The third kappa shape index (κ3) is 4.68. The van der Waals surface area contributed by atoms with Gasteiger partial charge in [-0.3, -0.25) is 4.40 Å². The predicted octanol–water partition coefficient (Wildman–Crippen LogP) is 5.00. The van der Waals surface area contributed by atoms with Crippen molar-refractivity contribution in [1.82, 2.24) is 24.3 Å². The fourth-order valence-corrected chi connectivity index (χ4v) is 4.41. The summed E-state index contributed by atoms with van der Waals surface area (Å²) >= 11 is 0. The van der Waals surface area contributed by atoms with Gasteiger partial charge in [0.2, 0.25) is 12.7 Å². The van der Waals surface area contributed by atoms with Crippen molar-refractivity contribution in [3.63, 3.8) is 0 Å². The maximum Gasteiger partial charge on any atom is 0.231 e. The predicted molar refractivity (Wildman–Crippen MR) is 139 cm³/mol. The number of fused-ring (bicyclic) bond motifs is 2. The first kappa shape index (κ1) is 22.9. The number of anilines is 1. The smallest absolute Gasteiger partial charge is 0.231 e. The van der Waals surface area contributed by atoms with E-state index in [0.717, 1.165) is 51.8 Å². The van der Waals surface area contributed by atoms with Gasteiger partial charge in [-0.05, 0) is 79.8 Å². The van der Waals surface area contributed by atoms with E-state index < -0.39 is 0 Å². The lowest BCUT2D eigenvalue weighted by Gasteiger charge is -2.11. The fourth-order valence-electron chi connectivity index (χ4n) is 4.41. The number of hydrogen-bond acceptors (Lipinski definition) is 7. The Balaban J connectivity index is 1.37. The van der Waals surface area contributed by atoms with Crippen LogP contribution in [0.25, 0.3) is 28.3 Å². The first-order valence-corrected chi connectivity index (χ1v) is 11.9. The van der Waals surface area contributed by atoms with Gasteiger partial charge in [0.05, 0.1) is 17.1 Å². The molecule has 0 atom stereocenters. The van der Waals surface area contributed by atoms with E-state index >= 15 is 0 Å². The Morgan fingerprint density at radius 1 is 0.946 bits per heavy atom. The molecule has 1 N–H and O–H groups in total. The number of halogens is 1. The average molecular weight is 497 g/mol. The van der Waals surface area contributed by atoms with Crippen LogP contribution in [0.15, 0.2) is 73.1 Å². The summed E-state index contributed by atoms with van der Waals surface area (Å²) in [4.78, 5) is 16.3. The molecule has 5 aromatic rings. The molecule has 0 bridgehead atoms. The molecule has 2 aromatic carbocycles. The van der Waals surface area contributed by atoms with Crippen molar-refractivity contribution >= 4 is 11.6 Å². The first-order chi connectivity index (χ1) is 18.0. The molecule has 1 aliphatic rings. The summed E-state index contributed by atoms with van der Waals surface area (Å²) in [6, 6.07) is 18.2. The lowest BCUT2D eigenvalue weighted by molar-refractivity contribution is 0.174. The molecule has 4 heterocycles. The maximum atomic E-state index is 13.7. The van der Waals surface area contributed by atoms with Crippen LogP contribution >= 0.6 is 0 Å². The van der Waals surface area contributed by atoms with Gasteiger partial charge >= 0.3 is 0 Å². The first-order valence-electron chi connectivity index (χ1n) is 11.9.